The molecule has 0 saturated carbocycles. The van der Waals surface area contributed by atoms with E-state index in [1.165, 1.54) is 7.11 Å². The molecule has 0 aliphatic heterocycles. The van der Waals surface area contributed by atoms with Gasteiger partial charge in [-0.3, -0.25) is 4.79 Å². The van der Waals surface area contributed by atoms with Gasteiger partial charge in [-0.1, -0.05) is 0 Å². The van der Waals surface area contributed by atoms with Crippen LogP contribution in [0, 0.1) is 0 Å². The summed E-state index contributed by atoms with van der Waals surface area (Å²) in [6.07, 6.45) is 0.795. The molecule has 1 rings (SSSR count). The van der Waals surface area contributed by atoms with Crippen LogP contribution in [0.25, 0.3) is 0 Å². The molecule has 0 aliphatic carbocycles. The summed E-state index contributed by atoms with van der Waals surface area (Å²) in [6.45, 7) is 0.265. The van der Waals surface area contributed by atoms with E-state index in [1.807, 2.05) is 0 Å². The highest BCUT2D eigenvalue weighted by Gasteiger charge is 2.19. The fraction of sp³-hybridized carbons (Fsp3) is 0.500. The summed E-state index contributed by atoms with van der Waals surface area (Å²) in [5.74, 6) is -0.0785. The maximum absolute atomic E-state index is 12.0. The van der Waals surface area contributed by atoms with Gasteiger partial charge in [-0.2, -0.15) is 0 Å². The van der Waals surface area contributed by atoms with E-state index in [4.69, 9.17) is 19.3 Å². The molecule has 128 valence electrons. The first-order chi connectivity index (χ1) is 11.0. The maximum Gasteiger partial charge on any atom is 0.326 e. The Hall–Kier alpha value is -2.28. The molecule has 7 nitrogen and oxygen atoms in total. The molecule has 1 aromatic carbocycles. The van der Waals surface area contributed by atoms with Crippen LogP contribution in [-0.2, 0) is 20.7 Å². The molecule has 0 heterocycles. The Morgan fingerprint density at radius 2 is 1.96 bits per heavy atom. The van der Waals surface area contributed by atoms with Crippen LogP contribution in [0.3, 0.4) is 0 Å². The lowest BCUT2D eigenvalue weighted by Crippen LogP contribution is -2.41. The number of carboxylic acid groups (broad SMARTS) is 1. The first-order valence-corrected chi connectivity index (χ1v) is 7.23. The number of aliphatic carboxylic acids is 1. The Labute approximate surface area is 135 Å². The monoisotopic (exact) mass is 325 g/mol. The van der Waals surface area contributed by atoms with E-state index < -0.39 is 12.0 Å². The molecule has 1 atom stereocenters. The highest BCUT2D eigenvalue weighted by molar-refractivity contribution is 5.83. The lowest BCUT2D eigenvalue weighted by Gasteiger charge is -2.14. The van der Waals surface area contributed by atoms with Gasteiger partial charge in [0.2, 0.25) is 5.91 Å². The Balaban J connectivity index is 2.62. The lowest BCUT2D eigenvalue weighted by molar-refractivity contribution is -0.142. The summed E-state index contributed by atoms with van der Waals surface area (Å²) in [6, 6.07) is 4.39. The second-order valence-corrected chi connectivity index (χ2v) is 4.92. The minimum atomic E-state index is -1.07. The number of nitrogens with one attached hydrogen (secondary N) is 1. The van der Waals surface area contributed by atoms with Crippen molar-refractivity contribution in [2.45, 2.75) is 25.3 Å². The second-order valence-electron chi connectivity index (χ2n) is 4.92. The van der Waals surface area contributed by atoms with Crippen molar-refractivity contribution in [1.29, 1.82) is 0 Å². The number of ether oxygens (including phenoxy) is 3. The summed E-state index contributed by atoms with van der Waals surface area (Å²) in [4.78, 5) is 23.1. The molecule has 2 N–H and O–H groups in total. The number of carbonyl (C=O) groups excluding carboxylic acids is 1. The number of carbonyl (C=O) groups is 2. The number of methoxy groups -OCH3 is 3. The van der Waals surface area contributed by atoms with Crippen molar-refractivity contribution in [3.8, 4) is 11.5 Å². The van der Waals surface area contributed by atoms with Gasteiger partial charge < -0.3 is 24.6 Å². The molecular formula is C16H23NO6. The molecule has 1 amide bonds. The SMILES string of the molecule is COCCC(NC(=O)CCc1cc(OC)ccc1OC)C(=O)O. The normalized spacial score (nSPS) is 11.6. The van der Waals surface area contributed by atoms with Gasteiger partial charge in [0.05, 0.1) is 14.2 Å². The van der Waals surface area contributed by atoms with Crippen LogP contribution in [0.1, 0.15) is 18.4 Å². The predicted octanol–water partition coefficient (Wildman–Crippen LogP) is 1.24. The molecule has 0 spiro atoms. The zero-order valence-corrected chi connectivity index (χ0v) is 13.6. The third kappa shape index (κ3) is 6.15. The average Bonchev–Trinajstić information content (AvgIpc) is 2.56. The van der Waals surface area contributed by atoms with Gasteiger partial charge in [0.25, 0.3) is 0 Å². The Morgan fingerprint density at radius 3 is 2.52 bits per heavy atom. The molecule has 0 aliphatic rings. The summed E-state index contributed by atoms with van der Waals surface area (Å²) < 4.78 is 15.2. The minimum Gasteiger partial charge on any atom is -0.497 e. The number of rotatable bonds is 10. The van der Waals surface area contributed by atoms with Crippen molar-refractivity contribution in [3.63, 3.8) is 0 Å². The lowest BCUT2D eigenvalue weighted by atomic mass is 10.1. The van der Waals surface area contributed by atoms with Gasteiger partial charge in [0, 0.05) is 26.6 Å². The zero-order chi connectivity index (χ0) is 17.2. The smallest absolute Gasteiger partial charge is 0.326 e. The molecule has 23 heavy (non-hydrogen) atoms. The van der Waals surface area contributed by atoms with Gasteiger partial charge in [-0.15, -0.1) is 0 Å². The maximum atomic E-state index is 12.0. The van der Waals surface area contributed by atoms with Gasteiger partial charge in [-0.25, -0.2) is 4.79 Å². The quantitative estimate of drug-likeness (QED) is 0.672. The number of carboxylic acids is 1. The highest BCUT2D eigenvalue weighted by atomic mass is 16.5. The van der Waals surface area contributed by atoms with Crippen LogP contribution in [-0.4, -0.2) is 51.0 Å². The van der Waals surface area contributed by atoms with E-state index in [0.717, 1.165) is 5.56 Å². The standard InChI is InChI=1S/C16H23NO6/c1-21-9-8-13(16(19)20)17-15(18)7-4-11-10-12(22-2)5-6-14(11)23-3/h5-6,10,13H,4,7-9H2,1-3H3,(H,17,18)(H,19,20). The van der Waals surface area contributed by atoms with E-state index in [1.54, 1.807) is 32.4 Å². The van der Waals surface area contributed by atoms with Crippen molar-refractivity contribution in [3.05, 3.63) is 23.8 Å². The largest absolute Gasteiger partial charge is 0.497 e. The third-order valence-corrected chi connectivity index (χ3v) is 3.35. The third-order valence-electron chi connectivity index (χ3n) is 3.35. The van der Waals surface area contributed by atoms with Crippen LogP contribution in [0.5, 0.6) is 11.5 Å². The van der Waals surface area contributed by atoms with Gasteiger partial charge in [0.15, 0.2) is 0 Å². The molecule has 0 bridgehead atoms. The zero-order valence-electron chi connectivity index (χ0n) is 13.6. The topological polar surface area (TPSA) is 94.1 Å². The summed E-state index contributed by atoms with van der Waals surface area (Å²) in [5.41, 5.74) is 0.825. The first-order valence-electron chi connectivity index (χ1n) is 7.23. The predicted molar refractivity (Wildman–Crippen MR) is 83.9 cm³/mol. The fourth-order valence-electron chi connectivity index (χ4n) is 2.09. The Kier molecular flexibility index (Phi) is 7.90. The minimum absolute atomic E-state index is 0.153. The van der Waals surface area contributed by atoms with E-state index in [2.05, 4.69) is 5.32 Å². The number of hydrogen-bond acceptors (Lipinski definition) is 5. The van der Waals surface area contributed by atoms with Crippen LogP contribution in [0.2, 0.25) is 0 Å². The summed E-state index contributed by atoms with van der Waals surface area (Å²) in [5, 5.41) is 11.6. The molecule has 0 aromatic heterocycles. The van der Waals surface area contributed by atoms with E-state index in [0.29, 0.717) is 17.9 Å². The number of benzene rings is 1. The van der Waals surface area contributed by atoms with Crippen LogP contribution >= 0.6 is 0 Å². The molecule has 7 heteroatoms. The average molecular weight is 325 g/mol. The first kappa shape index (κ1) is 18.8. The molecule has 1 unspecified atom stereocenters. The van der Waals surface area contributed by atoms with E-state index in [9.17, 15) is 9.59 Å². The van der Waals surface area contributed by atoms with Crippen molar-refractivity contribution >= 4 is 11.9 Å². The van der Waals surface area contributed by atoms with Crippen molar-refractivity contribution in [2.24, 2.45) is 0 Å². The van der Waals surface area contributed by atoms with Gasteiger partial charge in [-0.05, 0) is 30.2 Å². The van der Waals surface area contributed by atoms with Crippen LogP contribution < -0.4 is 14.8 Å². The Bertz CT molecular complexity index is 531. The Morgan fingerprint density at radius 1 is 1.22 bits per heavy atom. The van der Waals surface area contributed by atoms with Gasteiger partial charge in [0.1, 0.15) is 17.5 Å². The number of amides is 1. The molecule has 1 aromatic rings. The fourth-order valence-corrected chi connectivity index (χ4v) is 2.09. The number of aryl methyl sites for hydroxylation is 1. The van der Waals surface area contributed by atoms with Crippen LogP contribution in [0.4, 0.5) is 0 Å². The van der Waals surface area contributed by atoms with Gasteiger partial charge >= 0.3 is 5.97 Å². The number of hydrogen-bond donors (Lipinski definition) is 2. The molecule has 0 fully saturated rings. The second kappa shape index (κ2) is 9.68. The van der Waals surface area contributed by atoms with Crippen molar-refractivity contribution < 1.29 is 28.9 Å². The molecule has 0 radical (unpaired) electrons. The highest BCUT2D eigenvalue weighted by Crippen LogP contribution is 2.25. The molecule has 0 saturated heterocycles. The summed E-state index contributed by atoms with van der Waals surface area (Å²) in [7, 11) is 4.60. The van der Waals surface area contributed by atoms with E-state index in [-0.39, 0.29) is 25.4 Å². The van der Waals surface area contributed by atoms with E-state index >= 15 is 0 Å². The van der Waals surface area contributed by atoms with Crippen LogP contribution in [0.15, 0.2) is 18.2 Å². The van der Waals surface area contributed by atoms with Crippen molar-refractivity contribution in [2.75, 3.05) is 27.9 Å². The molecular weight excluding hydrogens is 302 g/mol. The van der Waals surface area contributed by atoms with Crippen molar-refractivity contribution in [1.82, 2.24) is 5.32 Å². The summed E-state index contributed by atoms with van der Waals surface area (Å²) >= 11 is 0.